The number of allylic oxidation sites excluding steroid dienone is 1. The molecule has 0 radical (unpaired) electrons. The molecule has 23 heavy (non-hydrogen) atoms. The van der Waals surface area contributed by atoms with Crippen molar-refractivity contribution >= 4 is 5.57 Å². The molecular weight excluding hydrogens is 276 g/mol. The van der Waals surface area contributed by atoms with Gasteiger partial charge in [-0.15, -0.1) is 0 Å². The van der Waals surface area contributed by atoms with Crippen LogP contribution in [0.2, 0.25) is 0 Å². The van der Waals surface area contributed by atoms with Gasteiger partial charge in [0.05, 0.1) is 0 Å². The number of hydrogen-bond acceptors (Lipinski definition) is 0. The minimum atomic E-state index is 0.704. The Balaban J connectivity index is 2.19. The van der Waals surface area contributed by atoms with Crippen LogP contribution in [0.15, 0.2) is 54.6 Å². The van der Waals surface area contributed by atoms with E-state index in [0.717, 1.165) is 12.8 Å². The topological polar surface area (TPSA) is 0 Å². The molecule has 0 aliphatic heterocycles. The van der Waals surface area contributed by atoms with E-state index in [1.54, 1.807) is 0 Å². The molecule has 0 spiro atoms. The van der Waals surface area contributed by atoms with Gasteiger partial charge in [-0.1, -0.05) is 82.3 Å². The lowest BCUT2D eigenvalue weighted by molar-refractivity contribution is 0.647. The third kappa shape index (κ3) is 5.10. The molecule has 0 aliphatic rings. The van der Waals surface area contributed by atoms with Crippen LogP contribution >= 0.6 is 0 Å². The van der Waals surface area contributed by atoms with Crippen LogP contribution in [0, 0.1) is 11.8 Å². The molecule has 0 aliphatic carbocycles. The van der Waals surface area contributed by atoms with Gasteiger partial charge in [-0.3, -0.25) is 0 Å². The fraction of sp³-hybridized carbons (Fsp3) is 0.391. The van der Waals surface area contributed by atoms with Crippen LogP contribution in [0.4, 0.5) is 0 Å². The summed E-state index contributed by atoms with van der Waals surface area (Å²) in [6.45, 7) is 11.2. The van der Waals surface area contributed by atoms with Crippen LogP contribution in [0.5, 0.6) is 0 Å². The van der Waals surface area contributed by atoms with E-state index in [1.807, 2.05) is 0 Å². The van der Waals surface area contributed by atoms with Gasteiger partial charge in [0.1, 0.15) is 0 Å². The number of hydrogen-bond donors (Lipinski definition) is 0. The Hall–Kier alpha value is -1.82. The normalized spacial score (nSPS) is 11.1. The molecule has 0 amide bonds. The smallest absolute Gasteiger partial charge is 0.0154 e. The van der Waals surface area contributed by atoms with Gasteiger partial charge in [-0.05, 0) is 59.4 Å². The molecule has 0 aromatic heterocycles. The molecule has 0 N–H and O–H groups in total. The lowest BCUT2D eigenvalue weighted by atomic mass is 9.93. The molecule has 2 rings (SSSR count). The van der Waals surface area contributed by atoms with Crippen molar-refractivity contribution in [2.24, 2.45) is 11.8 Å². The molecule has 0 bridgehead atoms. The lowest BCUT2D eigenvalue weighted by Crippen LogP contribution is -1.96. The first kappa shape index (κ1) is 17.5. The van der Waals surface area contributed by atoms with E-state index in [9.17, 15) is 0 Å². The number of rotatable bonds is 6. The Labute approximate surface area is 142 Å². The first-order chi connectivity index (χ1) is 11.0. The third-order valence-electron chi connectivity index (χ3n) is 4.11. The minimum absolute atomic E-state index is 0.704. The summed E-state index contributed by atoms with van der Waals surface area (Å²) in [6.07, 6.45) is 4.51. The molecule has 0 unspecified atom stereocenters. The van der Waals surface area contributed by atoms with Crippen molar-refractivity contribution in [1.82, 2.24) is 0 Å². The summed E-state index contributed by atoms with van der Waals surface area (Å²) in [4.78, 5) is 0. The average molecular weight is 306 g/mol. The Morgan fingerprint density at radius 3 is 1.30 bits per heavy atom. The zero-order valence-electron chi connectivity index (χ0n) is 15.3. The lowest BCUT2D eigenvalue weighted by Gasteiger charge is -2.11. The van der Waals surface area contributed by atoms with Crippen molar-refractivity contribution in [2.75, 3.05) is 0 Å². The predicted octanol–water partition coefficient (Wildman–Crippen LogP) is 6.54. The van der Waals surface area contributed by atoms with E-state index < -0.39 is 0 Å². The van der Waals surface area contributed by atoms with Crippen LogP contribution < -0.4 is 0 Å². The maximum Gasteiger partial charge on any atom is -0.0154 e. The van der Waals surface area contributed by atoms with Crippen LogP contribution in [-0.2, 0) is 12.8 Å². The molecule has 0 saturated heterocycles. The standard InChI is InChI=1S/C23H30/c1-6-23(21-11-7-19(8-12-21)15-17(2)3)22-13-9-20(10-14-22)16-18(4)5/h6-14,17-18H,15-16H2,1-5H3. The first-order valence-electron chi connectivity index (χ1n) is 8.84. The van der Waals surface area contributed by atoms with Crippen molar-refractivity contribution < 1.29 is 0 Å². The molecule has 0 nitrogen and oxygen atoms in total. The van der Waals surface area contributed by atoms with Crippen LogP contribution in [-0.4, -0.2) is 0 Å². The van der Waals surface area contributed by atoms with Gasteiger partial charge >= 0.3 is 0 Å². The molecule has 0 heterocycles. The summed E-state index contributed by atoms with van der Waals surface area (Å²) in [7, 11) is 0. The largest absolute Gasteiger partial charge is 0.0792 e. The Morgan fingerprint density at radius 1 is 0.696 bits per heavy atom. The predicted molar refractivity (Wildman–Crippen MR) is 103 cm³/mol. The Bertz CT molecular complexity index is 569. The molecule has 122 valence electrons. The van der Waals surface area contributed by atoms with Gasteiger partial charge in [-0.2, -0.15) is 0 Å². The number of benzene rings is 2. The maximum absolute atomic E-state index is 2.27. The highest BCUT2D eigenvalue weighted by Crippen LogP contribution is 2.25. The van der Waals surface area contributed by atoms with Crippen LogP contribution in [0.3, 0.4) is 0 Å². The van der Waals surface area contributed by atoms with E-state index in [4.69, 9.17) is 0 Å². The zero-order chi connectivity index (χ0) is 16.8. The molecule has 0 heteroatoms. The molecule has 0 atom stereocenters. The average Bonchev–Trinajstić information content (AvgIpc) is 2.50. The Kier molecular flexibility index (Phi) is 6.21. The van der Waals surface area contributed by atoms with E-state index in [-0.39, 0.29) is 0 Å². The Morgan fingerprint density at radius 2 is 1.04 bits per heavy atom. The van der Waals surface area contributed by atoms with Gasteiger partial charge in [0.2, 0.25) is 0 Å². The van der Waals surface area contributed by atoms with Crippen molar-refractivity contribution in [2.45, 2.75) is 47.5 Å². The summed E-state index contributed by atoms with van der Waals surface area (Å²) in [6, 6.07) is 18.1. The summed E-state index contributed by atoms with van der Waals surface area (Å²) in [5.74, 6) is 1.41. The fourth-order valence-corrected chi connectivity index (χ4v) is 3.08. The van der Waals surface area contributed by atoms with Gasteiger partial charge in [0, 0.05) is 0 Å². The highest BCUT2D eigenvalue weighted by molar-refractivity contribution is 5.79. The van der Waals surface area contributed by atoms with Gasteiger partial charge in [-0.25, -0.2) is 0 Å². The van der Waals surface area contributed by atoms with Crippen molar-refractivity contribution in [3.05, 3.63) is 76.9 Å². The minimum Gasteiger partial charge on any atom is -0.0792 e. The second-order valence-corrected chi connectivity index (χ2v) is 7.29. The fourth-order valence-electron chi connectivity index (χ4n) is 3.08. The van der Waals surface area contributed by atoms with E-state index in [1.165, 1.54) is 27.8 Å². The van der Waals surface area contributed by atoms with Crippen molar-refractivity contribution in [1.29, 1.82) is 0 Å². The maximum atomic E-state index is 2.27. The summed E-state index contributed by atoms with van der Waals surface area (Å²) >= 11 is 0. The summed E-state index contributed by atoms with van der Waals surface area (Å²) in [5, 5.41) is 0. The summed E-state index contributed by atoms with van der Waals surface area (Å²) < 4.78 is 0. The SMILES string of the molecule is CC=C(c1ccc(CC(C)C)cc1)c1ccc(CC(C)C)cc1. The second kappa shape index (κ2) is 8.15. The van der Waals surface area contributed by atoms with E-state index >= 15 is 0 Å². The van der Waals surface area contributed by atoms with Crippen molar-refractivity contribution in [3.8, 4) is 0 Å². The van der Waals surface area contributed by atoms with E-state index in [0.29, 0.717) is 11.8 Å². The van der Waals surface area contributed by atoms with Gasteiger partial charge in [0.15, 0.2) is 0 Å². The molecule has 2 aromatic rings. The van der Waals surface area contributed by atoms with Crippen LogP contribution in [0.1, 0.15) is 56.9 Å². The van der Waals surface area contributed by atoms with Gasteiger partial charge in [0.25, 0.3) is 0 Å². The third-order valence-corrected chi connectivity index (χ3v) is 4.11. The first-order valence-corrected chi connectivity index (χ1v) is 8.84. The van der Waals surface area contributed by atoms with E-state index in [2.05, 4.69) is 89.2 Å². The van der Waals surface area contributed by atoms with Gasteiger partial charge < -0.3 is 0 Å². The zero-order valence-corrected chi connectivity index (χ0v) is 15.3. The molecular formula is C23H30. The van der Waals surface area contributed by atoms with Crippen molar-refractivity contribution in [3.63, 3.8) is 0 Å². The van der Waals surface area contributed by atoms with Crippen LogP contribution in [0.25, 0.3) is 5.57 Å². The highest BCUT2D eigenvalue weighted by Gasteiger charge is 2.06. The highest BCUT2D eigenvalue weighted by atomic mass is 14.1. The molecule has 2 aromatic carbocycles. The monoisotopic (exact) mass is 306 g/mol. The quantitative estimate of drug-likeness (QED) is 0.568. The molecule has 0 fully saturated rings. The second-order valence-electron chi connectivity index (χ2n) is 7.29. The summed E-state index contributed by atoms with van der Waals surface area (Å²) in [5.41, 5.74) is 6.77. The molecule has 0 saturated carbocycles.